The number of fused-ring (bicyclic) bond motifs is 7. The van der Waals surface area contributed by atoms with Gasteiger partial charge in [0.25, 0.3) is 0 Å². The van der Waals surface area contributed by atoms with E-state index in [4.69, 9.17) is 9.47 Å². The van der Waals surface area contributed by atoms with Crippen molar-refractivity contribution < 1.29 is 9.47 Å². The van der Waals surface area contributed by atoms with E-state index in [1.807, 2.05) is 0 Å². The topological polar surface area (TPSA) is 26.6 Å². The van der Waals surface area contributed by atoms with Gasteiger partial charge in [0.2, 0.25) is 0 Å². The summed E-state index contributed by atoms with van der Waals surface area (Å²) in [6, 6.07) is 40.1. The van der Waals surface area contributed by atoms with E-state index in [2.05, 4.69) is 237 Å². The maximum absolute atomic E-state index is 6.73. The van der Waals surface area contributed by atoms with Gasteiger partial charge in [-0.25, -0.2) is 0 Å². The molecule has 0 unspecified atom stereocenters. The summed E-state index contributed by atoms with van der Waals surface area (Å²) in [6.07, 6.45) is 0. The molecule has 0 aliphatic carbocycles. The SMILES string of the molecule is CC(C)(C)Oc1ccc(N2c3ccc(OC(C)(C)C)cc3B3c4c(cc(-c5cc(C(C)(C)C)cc(C(C)(C)C)c5)cc42)-c2cc(C(C)(C)C)cc4c5cc(C(C)(C)C)ccc5n3c24)cc1. The van der Waals surface area contributed by atoms with E-state index in [0.29, 0.717) is 0 Å². The van der Waals surface area contributed by atoms with Crippen molar-refractivity contribution in [3.63, 3.8) is 0 Å². The highest BCUT2D eigenvalue weighted by molar-refractivity contribution is 6.90. The summed E-state index contributed by atoms with van der Waals surface area (Å²) in [7, 11) is 0. The molecule has 3 heterocycles. The van der Waals surface area contributed by atoms with Crippen molar-refractivity contribution in [1.82, 2.24) is 4.48 Å². The zero-order valence-corrected chi connectivity index (χ0v) is 42.6. The van der Waals surface area contributed by atoms with Crippen LogP contribution in [0.15, 0.2) is 103 Å². The summed E-state index contributed by atoms with van der Waals surface area (Å²) in [5, 5.41) is 2.62. The van der Waals surface area contributed by atoms with Crippen molar-refractivity contribution in [2.75, 3.05) is 4.90 Å². The van der Waals surface area contributed by atoms with Crippen LogP contribution in [0.4, 0.5) is 17.1 Å². The molecule has 6 aromatic carbocycles. The van der Waals surface area contributed by atoms with Gasteiger partial charge in [0.1, 0.15) is 22.7 Å². The number of benzene rings is 6. The summed E-state index contributed by atoms with van der Waals surface area (Å²) >= 11 is 0. The number of anilines is 3. The Morgan fingerprint density at radius 3 is 1.51 bits per heavy atom. The predicted molar refractivity (Wildman–Crippen MR) is 281 cm³/mol. The van der Waals surface area contributed by atoms with Crippen LogP contribution in [0.3, 0.4) is 0 Å². The van der Waals surface area contributed by atoms with Gasteiger partial charge in [-0.1, -0.05) is 107 Å². The zero-order valence-electron chi connectivity index (χ0n) is 42.6. The van der Waals surface area contributed by atoms with E-state index in [-0.39, 0.29) is 39.7 Å². The quantitative estimate of drug-likeness (QED) is 0.165. The Labute approximate surface area is 390 Å². The number of aromatic nitrogens is 1. The first-order valence-electron chi connectivity index (χ1n) is 23.9. The van der Waals surface area contributed by atoms with E-state index in [0.717, 1.165) is 22.9 Å². The van der Waals surface area contributed by atoms with Crippen LogP contribution in [-0.4, -0.2) is 22.5 Å². The molecule has 2 aliphatic heterocycles. The van der Waals surface area contributed by atoms with Crippen LogP contribution in [0.25, 0.3) is 44.1 Å². The lowest BCUT2D eigenvalue weighted by molar-refractivity contribution is 0.130. The second kappa shape index (κ2) is 14.5. The van der Waals surface area contributed by atoms with Crippen molar-refractivity contribution in [2.45, 2.75) is 157 Å². The molecule has 0 N–H and O–H groups in total. The molecule has 4 nitrogen and oxygen atoms in total. The van der Waals surface area contributed by atoms with Gasteiger partial charge >= 0.3 is 6.85 Å². The molecule has 0 amide bonds. The van der Waals surface area contributed by atoms with Crippen molar-refractivity contribution in [3.8, 4) is 33.8 Å². The summed E-state index contributed by atoms with van der Waals surface area (Å²) in [4.78, 5) is 2.51. The van der Waals surface area contributed by atoms with Crippen LogP contribution in [0.2, 0.25) is 0 Å². The van der Waals surface area contributed by atoms with Gasteiger partial charge < -0.3 is 18.9 Å². The molecule has 0 spiro atoms. The van der Waals surface area contributed by atoms with E-state index in [1.54, 1.807) is 0 Å². The maximum Gasteiger partial charge on any atom is 0.333 e. The fourth-order valence-corrected chi connectivity index (χ4v) is 9.94. The highest BCUT2D eigenvalue weighted by Crippen LogP contribution is 2.49. The molecular weight excluding hydrogens is 791 g/mol. The fraction of sp³-hybridized carbons (Fsp3) is 0.400. The van der Waals surface area contributed by atoms with Crippen molar-refractivity contribution in [2.24, 2.45) is 0 Å². The van der Waals surface area contributed by atoms with Crippen LogP contribution < -0.4 is 25.3 Å². The molecule has 5 heteroatoms. The molecule has 9 rings (SSSR count). The average molecular weight is 863 g/mol. The highest BCUT2D eigenvalue weighted by atomic mass is 16.5. The number of ether oxygens (including phenoxy) is 2. The third kappa shape index (κ3) is 8.06. The first kappa shape index (κ1) is 44.8. The highest BCUT2D eigenvalue weighted by Gasteiger charge is 2.44. The van der Waals surface area contributed by atoms with Crippen LogP contribution in [0, 0.1) is 0 Å². The minimum absolute atomic E-state index is 0.00357. The van der Waals surface area contributed by atoms with E-state index in [9.17, 15) is 0 Å². The molecule has 0 fully saturated rings. The van der Waals surface area contributed by atoms with Crippen LogP contribution >= 0.6 is 0 Å². The van der Waals surface area contributed by atoms with Gasteiger partial charge in [-0.2, -0.15) is 0 Å². The fourth-order valence-electron chi connectivity index (χ4n) is 9.94. The maximum atomic E-state index is 6.73. The average Bonchev–Trinajstić information content (AvgIpc) is 3.50. The van der Waals surface area contributed by atoms with Gasteiger partial charge in [0, 0.05) is 44.4 Å². The standard InChI is InChI=1S/C60H71BN2O2/c1-55(2,3)38-19-25-50-45(32-38)47-33-41(58(10,11)12)34-48-46-29-37(36-27-39(56(4,5)6)31-40(28-36)57(7,8)9)30-52-53(46)61(63(50)54(47)48)49-35-44(65-60(16,17)18)24-26-51(49)62(52)42-20-22-43(23-21-42)64-59(13,14)15/h19-35H,1-18H3. The van der Waals surface area contributed by atoms with E-state index >= 15 is 0 Å². The number of nitrogens with zero attached hydrogens (tertiary/aromatic N) is 2. The summed E-state index contributed by atoms with van der Waals surface area (Å²) in [6.45, 7) is 40.6. The summed E-state index contributed by atoms with van der Waals surface area (Å²) in [5.41, 5.74) is 18.1. The van der Waals surface area contributed by atoms with Gasteiger partial charge in [-0.3, -0.25) is 0 Å². The molecule has 7 aromatic rings. The zero-order chi connectivity index (χ0) is 47.1. The Morgan fingerprint density at radius 2 is 0.938 bits per heavy atom. The molecular formula is C60H71BN2O2. The predicted octanol–water partition coefficient (Wildman–Crippen LogP) is 15.4. The number of rotatable bonds is 4. The molecule has 2 aliphatic rings. The number of hydrogen-bond acceptors (Lipinski definition) is 3. The third-order valence-corrected chi connectivity index (χ3v) is 13.3. The largest absolute Gasteiger partial charge is 0.488 e. The van der Waals surface area contributed by atoms with Crippen molar-refractivity contribution in [3.05, 3.63) is 125 Å². The minimum Gasteiger partial charge on any atom is -0.488 e. The lowest BCUT2D eigenvalue weighted by Crippen LogP contribution is -2.56. The second-order valence-electron chi connectivity index (χ2n) is 25.2. The molecule has 0 bridgehead atoms. The molecule has 0 saturated heterocycles. The van der Waals surface area contributed by atoms with Crippen LogP contribution in [0.5, 0.6) is 11.5 Å². The summed E-state index contributed by atoms with van der Waals surface area (Å²) < 4.78 is 15.8. The first-order chi connectivity index (χ1) is 30.0. The van der Waals surface area contributed by atoms with Crippen molar-refractivity contribution in [1.29, 1.82) is 0 Å². The molecule has 65 heavy (non-hydrogen) atoms. The Hall–Kier alpha value is -5.42. The van der Waals surface area contributed by atoms with Crippen molar-refractivity contribution >= 4 is 56.6 Å². The Morgan fingerprint density at radius 1 is 0.415 bits per heavy atom. The van der Waals surface area contributed by atoms with Crippen LogP contribution in [0.1, 0.15) is 147 Å². The minimum atomic E-state index is -0.365. The summed E-state index contributed by atoms with van der Waals surface area (Å²) in [5.74, 6) is 1.73. The molecule has 336 valence electrons. The number of hydrogen-bond donors (Lipinski definition) is 0. The molecule has 1 aromatic heterocycles. The van der Waals surface area contributed by atoms with Gasteiger partial charge in [0.05, 0.1) is 0 Å². The molecule has 0 radical (unpaired) electrons. The van der Waals surface area contributed by atoms with Crippen LogP contribution in [-0.2, 0) is 21.7 Å². The van der Waals surface area contributed by atoms with Gasteiger partial charge in [-0.05, 0) is 192 Å². The smallest absolute Gasteiger partial charge is 0.333 e. The Kier molecular flexibility index (Phi) is 10.0. The lowest BCUT2D eigenvalue weighted by atomic mass is 9.45. The van der Waals surface area contributed by atoms with E-state index < -0.39 is 0 Å². The lowest BCUT2D eigenvalue weighted by Gasteiger charge is -2.41. The Balaban J connectivity index is 1.46. The Bertz CT molecular complexity index is 3000. The normalized spacial score (nSPS) is 14.2. The third-order valence-electron chi connectivity index (χ3n) is 13.3. The first-order valence-corrected chi connectivity index (χ1v) is 23.9. The van der Waals surface area contributed by atoms with Gasteiger partial charge in [0.15, 0.2) is 0 Å². The second-order valence-corrected chi connectivity index (χ2v) is 25.2. The monoisotopic (exact) mass is 863 g/mol. The molecule has 0 saturated carbocycles. The molecule has 0 atom stereocenters. The van der Waals surface area contributed by atoms with E-state index in [1.165, 1.54) is 82.9 Å². The van der Waals surface area contributed by atoms with Gasteiger partial charge in [-0.15, -0.1) is 0 Å².